The minimum Gasteiger partial charge on any atom is -0.345 e. The van der Waals surface area contributed by atoms with E-state index >= 15 is 0 Å². The molecule has 166 valence electrons. The molecular formula is C21H18Br2ClN5O2S. The van der Waals surface area contributed by atoms with Crippen molar-refractivity contribution in [3.63, 3.8) is 0 Å². The zero-order chi connectivity index (χ0) is 23.1. The number of thioether (sulfide) groups is 1. The van der Waals surface area contributed by atoms with Crippen LogP contribution >= 0.6 is 55.2 Å². The minimum absolute atomic E-state index is 0.131. The molecule has 2 N–H and O–H groups in total. The van der Waals surface area contributed by atoms with Gasteiger partial charge in [0.15, 0.2) is 11.0 Å². The van der Waals surface area contributed by atoms with Gasteiger partial charge in [0.1, 0.15) is 0 Å². The molecule has 0 aliphatic rings. The summed E-state index contributed by atoms with van der Waals surface area (Å²) in [5, 5.41) is 15.0. The second-order valence-electron chi connectivity index (χ2n) is 6.43. The van der Waals surface area contributed by atoms with Crippen LogP contribution in [0.5, 0.6) is 0 Å². The van der Waals surface area contributed by atoms with Crippen molar-refractivity contribution in [2.75, 3.05) is 11.1 Å². The highest BCUT2D eigenvalue weighted by Crippen LogP contribution is 2.26. The van der Waals surface area contributed by atoms with E-state index in [1.165, 1.54) is 11.8 Å². The zero-order valence-electron chi connectivity index (χ0n) is 16.6. The van der Waals surface area contributed by atoms with Crippen LogP contribution in [0.1, 0.15) is 16.2 Å². The van der Waals surface area contributed by atoms with Crippen molar-refractivity contribution in [1.82, 2.24) is 20.1 Å². The maximum atomic E-state index is 12.5. The van der Waals surface area contributed by atoms with E-state index in [4.69, 9.17) is 11.6 Å². The van der Waals surface area contributed by atoms with Crippen molar-refractivity contribution in [2.24, 2.45) is 0 Å². The lowest BCUT2D eigenvalue weighted by Crippen LogP contribution is -2.25. The number of benzene rings is 2. The summed E-state index contributed by atoms with van der Waals surface area (Å²) in [7, 11) is 0. The zero-order valence-corrected chi connectivity index (χ0v) is 21.4. The molecule has 0 saturated heterocycles. The molecule has 0 unspecified atom stereocenters. The van der Waals surface area contributed by atoms with Gasteiger partial charge in [-0.25, -0.2) is 0 Å². The first-order chi connectivity index (χ1) is 15.4. The van der Waals surface area contributed by atoms with Crippen molar-refractivity contribution in [2.45, 2.75) is 18.2 Å². The third-order valence-corrected chi connectivity index (χ3v) is 7.06. The fourth-order valence-electron chi connectivity index (χ4n) is 2.67. The number of allylic oxidation sites excluding steroid dienone is 1. The summed E-state index contributed by atoms with van der Waals surface area (Å²) in [5.74, 6) is 0.261. The van der Waals surface area contributed by atoms with Gasteiger partial charge >= 0.3 is 0 Å². The number of hydrogen-bond donors (Lipinski definition) is 2. The molecule has 0 spiro atoms. The highest BCUT2D eigenvalue weighted by Gasteiger charge is 2.16. The third kappa shape index (κ3) is 6.44. The fourth-order valence-corrected chi connectivity index (χ4v) is 4.33. The molecule has 0 bridgehead atoms. The molecule has 2 amide bonds. The molecule has 0 atom stereocenters. The lowest BCUT2D eigenvalue weighted by atomic mass is 10.2. The van der Waals surface area contributed by atoms with Crippen LogP contribution in [-0.2, 0) is 17.9 Å². The quantitative estimate of drug-likeness (QED) is 0.257. The second-order valence-corrected chi connectivity index (χ2v) is 9.48. The summed E-state index contributed by atoms with van der Waals surface area (Å²) in [6.45, 7) is 4.39. The predicted molar refractivity (Wildman–Crippen MR) is 134 cm³/mol. The topological polar surface area (TPSA) is 88.9 Å². The average Bonchev–Trinajstić information content (AvgIpc) is 3.15. The van der Waals surface area contributed by atoms with Gasteiger partial charge in [0.05, 0.1) is 22.9 Å². The van der Waals surface area contributed by atoms with E-state index in [1.54, 1.807) is 42.5 Å². The Kier molecular flexibility index (Phi) is 8.92. The number of aromatic nitrogens is 3. The van der Waals surface area contributed by atoms with E-state index in [0.29, 0.717) is 38.3 Å². The molecule has 1 heterocycles. The lowest BCUT2D eigenvalue weighted by molar-refractivity contribution is -0.113. The van der Waals surface area contributed by atoms with Gasteiger partial charge in [0.2, 0.25) is 5.91 Å². The van der Waals surface area contributed by atoms with Gasteiger partial charge in [-0.1, -0.05) is 41.6 Å². The van der Waals surface area contributed by atoms with Gasteiger partial charge in [-0.05, 0) is 62.2 Å². The molecule has 2 aromatic carbocycles. The Morgan fingerprint density at radius 3 is 2.66 bits per heavy atom. The van der Waals surface area contributed by atoms with Crippen LogP contribution in [0.2, 0.25) is 5.02 Å². The van der Waals surface area contributed by atoms with E-state index < -0.39 is 0 Å². The summed E-state index contributed by atoms with van der Waals surface area (Å²) in [4.78, 5) is 24.8. The molecule has 0 aliphatic heterocycles. The summed E-state index contributed by atoms with van der Waals surface area (Å²) >= 11 is 14.0. The van der Waals surface area contributed by atoms with Crippen LogP contribution in [-0.4, -0.2) is 32.3 Å². The Hall–Kier alpha value is -2.14. The van der Waals surface area contributed by atoms with E-state index in [0.717, 1.165) is 4.47 Å². The van der Waals surface area contributed by atoms with Crippen LogP contribution in [0.15, 0.2) is 69.2 Å². The van der Waals surface area contributed by atoms with Gasteiger partial charge in [-0.2, -0.15) is 0 Å². The number of nitrogens with one attached hydrogen (secondary N) is 2. The number of halogens is 3. The number of hydrogen-bond acceptors (Lipinski definition) is 5. The van der Waals surface area contributed by atoms with Crippen LogP contribution < -0.4 is 10.6 Å². The number of carbonyl (C=O) groups excluding carboxylic acids is 2. The fraction of sp³-hybridized carbons (Fsp3) is 0.143. The number of nitrogens with zero attached hydrogens (tertiary/aromatic N) is 3. The lowest BCUT2D eigenvalue weighted by Gasteiger charge is -2.10. The normalized spacial score (nSPS) is 10.6. The molecule has 11 heteroatoms. The van der Waals surface area contributed by atoms with E-state index in [1.807, 2.05) is 10.6 Å². The Morgan fingerprint density at radius 2 is 1.94 bits per heavy atom. The second kappa shape index (κ2) is 11.6. The number of carbonyl (C=O) groups is 2. The van der Waals surface area contributed by atoms with Gasteiger partial charge < -0.3 is 15.2 Å². The Labute approximate surface area is 211 Å². The molecule has 3 aromatic rings. The van der Waals surface area contributed by atoms with Gasteiger partial charge in [-0.3, -0.25) is 9.59 Å². The van der Waals surface area contributed by atoms with E-state index in [9.17, 15) is 9.59 Å². The first-order valence-corrected chi connectivity index (χ1v) is 12.3. The molecule has 0 aliphatic carbocycles. The molecule has 1 aromatic heterocycles. The summed E-state index contributed by atoms with van der Waals surface area (Å²) < 4.78 is 3.27. The summed E-state index contributed by atoms with van der Waals surface area (Å²) in [5.41, 5.74) is 1.13. The van der Waals surface area contributed by atoms with Crippen LogP contribution in [0.4, 0.5) is 5.69 Å². The molecular weight excluding hydrogens is 582 g/mol. The van der Waals surface area contributed by atoms with Crippen molar-refractivity contribution in [1.29, 1.82) is 0 Å². The van der Waals surface area contributed by atoms with Crippen molar-refractivity contribution >= 4 is 72.7 Å². The minimum atomic E-state index is -0.229. The number of amides is 2. The molecule has 0 radical (unpaired) electrons. The summed E-state index contributed by atoms with van der Waals surface area (Å²) in [6.07, 6.45) is 1.70. The van der Waals surface area contributed by atoms with Gasteiger partial charge in [-0.15, -0.1) is 16.8 Å². The molecule has 7 nitrogen and oxygen atoms in total. The largest absolute Gasteiger partial charge is 0.345 e. The highest BCUT2D eigenvalue weighted by molar-refractivity contribution is 9.10. The monoisotopic (exact) mass is 597 g/mol. The average molecular weight is 600 g/mol. The van der Waals surface area contributed by atoms with Crippen LogP contribution in [0.3, 0.4) is 0 Å². The first kappa shape index (κ1) is 24.5. The van der Waals surface area contributed by atoms with Gasteiger partial charge in [0, 0.05) is 21.2 Å². The standard InChI is InChI=1S/C21H18Br2ClN5O2S/c1-2-9-29-18(11-25-20(31)14-5-3-4-6-15(14)22)27-28-21(29)32-12-19(30)26-13-7-8-16(23)17(24)10-13/h2-8,10H,1,9,11-12H2,(H,25,31)(H,26,30). The third-order valence-electron chi connectivity index (χ3n) is 4.17. The molecule has 0 fully saturated rings. The maximum absolute atomic E-state index is 12.5. The highest BCUT2D eigenvalue weighted by atomic mass is 79.9. The van der Waals surface area contributed by atoms with Crippen molar-refractivity contribution in [3.05, 3.63) is 80.5 Å². The first-order valence-electron chi connectivity index (χ1n) is 9.32. The number of anilines is 1. The van der Waals surface area contributed by atoms with Crippen molar-refractivity contribution in [3.8, 4) is 0 Å². The van der Waals surface area contributed by atoms with Crippen molar-refractivity contribution < 1.29 is 9.59 Å². The summed E-state index contributed by atoms with van der Waals surface area (Å²) in [6, 6.07) is 12.4. The molecule has 3 rings (SSSR count). The Morgan fingerprint density at radius 1 is 1.16 bits per heavy atom. The number of rotatable bonds is 9. The predicted octanol–water partition coefficient (Wildman–Crippen LogP) is 5.30. The van der Waals surface area contributed by atoms with E-state index in [-0.39, 0.29) is 24.1 Å². The van der Waals surface area contributed by atoms with Crippen LogP contribution in [0, 0.1) is 0 Å². The van der Waals surface area contributed by atoms with E-state index in [2.05, 4.69) is 59.3 Å². The smallest absolute Gasteiger partial charge is 0.252 e. The van der Waals surface area contributed by atoms with Gasteiger partial charge in [0.25, 0.3) is 5.91 Å². The molecule has 32 heavy (non-hydrogen) atoms. The Bertz CT molecular complexity index is 1150. The maximum Gasteiger partial charge on any atom is 0.252 e. The van der Waals surface area contributed by atoms with Crippen LogP contribution in [0.25, 0.3) is 0 Å². The SMILES string of the molecule is C=CCn1c(CNC(=O)c2ccccc2Br)nnc1SCC(=O)Nc1ccc(Br)c(Cl)c1. The Balaban J connectivity index is 1.61. The molecule has 0 saturated carbocycles.